The van der Waals surface area contributed by atoms with Gasteiger partial charge >= 0.3 is 0 Å². The molecule has 0 unspecified atom stereocenters. The van der Waals surface area contributed by atoms with Gasteiger partial charge in [-0.05, 0) is 31.9 Å². The van der Waals surface area contributed by atoms with E-state index >= 15 is 0 Å². The summed E-state index contributed by atoms with van der Waals surface area (Å²) >= 11 is 0. The summed E-state index contributed by atoms with van der Waals surface area (Å²) in [6, 6.07) is 8.53. The van der Waals surface area contributed by atoms with E-state index in [9.17, 15) is 4.79 Å². The molecule has 1 fully saturated rings. The van der Waals surface area contributed by atoms with Crippen LogP contribution in [0.2, 0.25) is 0 Å². The van der Waals surface area contributed by atoms with Gasteiger partial charge in [0.25, 0.3) is 5.91 Å². The fraction of sp³-hybridized carbons (Fsp3) is 0.545. The van der Waals surface area contributed by atoms with Crippen molar-refractivity contribution in [2.75, 3.05) is 26.2 Å². The molecule has 150 valence electrons. The molecule has 2 atom stereocenters. The van der Waals surface area contributed by atoms with Gasteiger partial charge in [0.2, 0.25) is 0 Å². The molecule has 0 radical (unpaired) electrons. The molecule has 0 spiro atoms. The molecule has 4 rings (SSSR count). The van der Waals surface area contributed by atoms with Gasteiger partial charge in [0.05, 0.1) is 17.9 Å². The van der Waals surface area contributed by atoms with Gasteiger partial charge in [-0.3, -0.25) is 14.4 Å². The van der Waals surface area contributed by atoms with Crippen molar-refractivity contribution in [3.63, 3.8) is 0 Å². The molecule has 6 heteroatoms. The average molecular weight is 383 g/mol. The second-order valence-corrected chi connectivity index (χ2v) is 8.12. The molecule has 0 saturated carbocycles. The van der Waals surface area contributed by atoms with Gasteiger partial charge in [-0.1, -0.05) is 24.3 Å². The fourth-order valence-corrected chi connectivity index (χ4v) is 4.42. The number of hydrogen-bond donors (Lipinski definition) is 0. The molecule has 3 heterocycles. The second kappa shape index (κ2) is 7.68. The number of amides is 1. The summed E-state index contributed by atoms with van der Waals surface area (Å²) in [5, 5.41) is 4.60. The number of rotatable bonds is 3. The van der Waals surface area contributed by atoms with Crippen molar-refractivity contribution in [1.29, 1.82) is 0 Å². The van der Waals surface area contributed by atoms with E-state index in [1.165, 1.54) is 11.1 Å². The Balaban J connectivity index is 1.44. The van der Waals surface area contributed by atoms with Crippen molar-refractivity contribution in [1.82, 2.24) is 19.6 Å². The zero-order chi connectivity index (χ0) is 19.8. The lowest BCUT2D eigenvalue weighted by molar-refractivity contribution is -0.00716. The van der Waals surface area contributed by atoms with Crippen molar-refractivity contribution in [2.24, 2.45) is 7.05 Å². The standard InChI is InChI=1S/C22H30N4O2/c1-15-7-5-6-8-18(15)14-25-9-11-26(12-10-25)22(27)21-19-13-16(2)28-17(3)20(19)23-24(21)4/h5-8,16-17H,9-14H2,1-4H3/t16-,17+/m1/s1. The first-order valence-electron chi connectivity index (χ1n) is 10.2. The number of benzene rings is 1. The van der Waals surface area contributed by atoms with Gasteiger partial charge in [-0.25, -0.2) is 0 Å². The minimum atomic E-state index is -0.0579. The highest BCUT2D eigenvalue weighted by molar-refractivity contribution is 5.94. The minimum absolute atomic E-state index is 0.0579. The third-order valence-electron chi connectivity index (χ3n) is 6.01. The number of ether oxygens (including phenoxy) is 1. The van der Waals surface area contributed by atoms with Crippen molar-refractivity contribution in [3.05, 3.63) is 52.3 Å². The molecule has 1 saturated heterocycles. The predicted octanol–water partition coefficient (Wildman–Crippen LogP) is 2.71. The van der Waals surface area contributed by atoms with E-state index < -0.39 is 0 Å². The molecule has 2 aromatic rings. The monoisotopic (exact) mass is 382 g/mol. The number of piperazine rings is 1. The van der Waals surface area contributed by atoms with Gasteiger partial charge in [0.15, 0.2) is 0 Å². The van der Waals surface area contributed by atoms with Crippen LogP contribution in [0.1, 0.15) is 52.8 Å². The molecule has 0 aliphatic carbocycles. The van der Waals surface area contributed by atoms with Crippen LogP contribution >= 0.6 is 0 Å². The van der Waals surface area contributed by atoms with E-state index in [4.69, 9.17) is 4.74 Å². The summed E-state index contributed by atoms with van der Waals surface area (Å²) in [5.74, 6) is 0.105. The first kappa shape index (κ1) is 19.2. The van der Waals surface area contributed by atoms with Crippen LogP contribution in [0.4, 0.5) is 0 Å². The molecule has 1 aromatic heterocycles. The van der Waals surface area contributed by atoms with Gasteiger partial charge in [-0.2, -0.15) is 5.10 Å². The van der Waals surface area contributed by atoms with Gasteiger partial charge in [0.1, 0.15) is 5.69 Å². The quantitative estimate of drug-likeness (QED) is 0.819. The topological polar surface area (TPSA) is 50.6 Å². The molecule has 1 aromatic carbocycles. The average Bonchev–Trinajstić information content (AvgIpc) is 3.00. The van der Waals surface area contributed by atoms with Crippen LogP contribution in [0.25, 0.3) is 0 Å². The van der Waals surface area contributed by atoms with Crippen LogP contribution in [0, 0.1) is 6.92 Å². The van der Waals surface area contributed by atoms with Gasteiger partial charge in [0, 0.05) is 51.8 Å². The summed E-state index contributed by atoms with van der Waals surface area (Å²) in [6.45, 7) is 10.5. The van der Waals surface area contributed by atoms with Gasteiger partial charge in [-0.15, -0.1) is 0 Å². The molecule has 0 N–H and O–H groups in total. The van der Waals surface area contributed by atoms with Gasteiger partial charge < -0.3 is 9.64 Å². The Bertz CT molecular complexity index is 867. The lowest BCUT2D eigenvalue weighted by Crippen LogP contribution is -2.49. The molecule has 28 heavy (non-hydrogen) atoms. The van der Waals surface area contributed by atoms with Crippen molar-refractivity contribution in [2.45, 2.75) is 45.9 Å². The van der Waals surface area contributed by atoms with Crippen LogP contribution in [0.3, 0.4) is 0 Å². The Kier molecular flexibility index (Phi) is 5.25. The third-order valence-corrected chi connectivity index (χ3v) is 6.01. The van der Waals surface area contributed by atoms with E-state index in [1.54, 1.807) is 4.68 Å². The number of fused-ring (bicyclic) bond motifs is 1. The highest BCUT2D eigenvalue weighted by atomic mass is 16.5. The van der Waals surface area contributed by atoms with Crippen molar-refractivity contribution in [3.8, 4) is 0 Å². The van der Waals surface area contributed by atoms with E-state index in [2.05, 4.69) is 48.1 Å². The summed E-state index contributed by atoms with van der Waals surface area (Å²) < 4.78 is 7.63. The Hall–Kier alpha value is -2.18. The summed E-state index contributed by atoms with van der Waals surface area (Å²) in [7, 11) is 1.87. The first-order valence-corrected chi connectivity index (χ1v) is 10.2. The van der Waals surface area contributed by atoms with Crippen LogP contribution in [0.15, 0.2) is 24.3 Å². The maximum atomic E-state index is 13.3. The SMILES string of the molecule is Cc1ccccc1CN1CCN(C(=O)c2c3c(nn2C)[C@H](C)O[C@H](C)C3)CC1. The maximum Gasteiger partial charge on any atom is 0.272 e. The molecule has 2 aliphatic heterocycles. The van der Waals surface area contributed by atoms with E-state index in [0.29, 0.717) is 0 Å². The van der Waals surface area contributed by atoms with Crippen LogP contribution in [-0.2, 0) is 24.8 Å². The van der Waals surface area contributed by atoms with Crippen LogP contribution in [-0.4, -0.2) is 57.8 Å². The highest BCUT2D eigenvalue weighted by Gasteiger charge is 2.33. The number of nitrogens with zero attached hydrogens (tertiary/aromatic N) is 4. The molecule has 2 aliphatic rings. The lowest BCUT2D eigenvalue weighted by Gasteiger charge is -2.35. The van der Waals surface area contributed by atoms with Crippen LogP contribution in [0.5, 0.6) is 0 Å². The van der Waals surface area contributed by atoms with Crippen molar-refractivity contribution < 1.29 is 9.53 Å². The summed E-state index contributed by atoms with van der Waals surface area (Å²) in [4.78, 5) is 17.7. The second-order valence-electron chi connectivity index (χ2n) is 8.12. The maximum absolute atomic E-state index is 13.3. The largest absolute Gasteiger partial charge is 0.369 e. The smallest absolute Gasteiger partial charge is 0.272 e. The zero-order valence-corrected chi connectivity index (χ0v) is 17.3. The molecule has 6 nitrogen and oxygen atoms in total. The molecular formula is C22H30N4O2. The summed E-state index contributed by atoms with van der Waals surface area (Å²) in [6.07, 6.45) is 0.809. The molecule has 1 amide bonds. The molecule has 0 bridgehead atoms. The fourth-order valence-electron chi connectivity index (χ4n) is 4.42. The van der Waals surface area contributed by atoms with Crippen molar-refractivity contribution >= 4 is 5.91 Å². The summed E-state index contributed by atoms with van der Waals surface area (Å²) in [5.41, 5.74) is 5.42. The zero-order valence-electron chi connectivity index (χ0n) is 17.3. The Morgan fingerprint density at radius 3 is 2.61 bits per heavy atom. The van der Waals surface area contributed by atoms with E-state index in [0.717, 1.165) is 56.1 Å². The van der Waals surface area contributed by atoms with E-state index in [-0.39, 0.29) is 18.1 Å². The highest BCUT2D eigenvalue weighted by Crippen LogP contribution is 2.31. The number of carbonyl (C=O) groups is 1. The Labute approximate surface area is 167 Å². The number of aromatic nitrogens is 2. The lowest BCUT2D eigenvalue weighted by atomic mass is 9.99. The van der Waals surface area contributed by atoms with E-state index in [1.807, 2.05) is 18.9 Å². The number of hydrogen-bond acceptors (Lipinski definition) is 4. The Morgan fingerprint density at radius 2 is 1.89 bits per heavy atom. The minimum Gasteiger partial charge on any atom is -0.369 e. The number of aryl methyl sites for hydroxylation is 2. The normalized spacial score (nSPS) is 22.9. The third kappa shape index (κ3) is 3.59. The predicted molar refractivity (Wildman–Crippen MR) is 108 cm³/mol. The first-order chi connectivity index (χ1) is 13.4. The van der Waals surface area contributed by atoms with Crippen LogP contribution < -0.4 is 0 Å². The number of carbonyl (C=O) groups excluding carboxylic acids is 1. The molecular weight excluding hydrogens is 352 g/mol. The Morgan fingerprint density at radius 1 is 1.18 bits per heavy atom.